The van der Waals surface area contributed by atoms with Crippen molar-refractivity contribution >= 4 is 23.7 Å². The van der Waals surface area contributed by atoms with Gasteiger partial charge in [0.15, 0.2) is 0 Å². The molecule has 2 aromatic carbocycles. The third-order valence-corrected chi connectivity index (χ3v) is 3.23. The molecule has 0 bridgehead atoms. The molecule has 0 radical (unpaired) electrons. The maximum atomic E-state index is 12.7. The molecule has 0 aliphatic carbocycles. The lowest BCUT2D eigenvalue weighted by molar-refractivity contribution is -0.124. The summed E-state index contributed by atoms with van der Waals surface area (Å²) in [6, 6.07) is 12.5. The zero-order valence-electron chi connectivity index (χ0n) is 13.7. The molecule has 2 N–H and O–H groups in total. The van der Waals surface area contributed by atoms with E-state index in [1.54, 1.807) is 31.4 Å². The van der Waals surface area contributed by atoms with Crippen LogP contribution in [0, 0.1) is 5.82 Å². The Morgan fingerprint density at radius 1 is 1.04 bits per heavy atom. The van der Waals surface area contributed by atoms with Gasteiger partial charge in [-0.25, -0.2) is 9.82 Å². The fraction of sp³-hybridized carbons (Fsp3) is 0.167. The smallest absolute Gasteiger partial charge is 0.240 e. The number of methoxy groups -OCH3 is 1. The lowest BCUT2D eigenvalue weighted by Crippen LogP contribution is -2.20. The summed E-state index contributed by atoms with van der Waals surface area (Å²) in [5.41, 5.74) is 3.60. The van der Waals surface area contributed by atoms with Crippen molar-refractivity contribution in [1.29, 1.82) is 0 Å². The molecule has 7 heteroatoms. The van der Waals surface area contributed by atoms with E-state index in [0.29, 0.717) is 17.0 Å². The first-order chi connectivity index (χ1) is 12.1. The summed E-state index contributed by atoms with van der Waals surface area (Å²) in [4.78, 5) is 23.4. The predicted octanol–water partition coefficient (Wildman–Crippen LogP) is 2.70. The van der Waals surface area contributed by atoms with Crippen molar-refractivity contribution in [2.75, 3.05) is 12.4 Å². The number of carbonyl (C=O) groups is 2. The molecule has 130 valence electrons. The molecular weight excluding hydrogens is 325 g/mol. The van der Waals surface area contributed by atoms with Gasteiger partial charge in [0.1, 0.15) is 11.6 Å². The Balaban J connectivity index is 1.71. The summed E-state index contributed by atoms with van der Waals surface area (Å²) >= 11 is 0. The Morgan fingerprint density at radius 3 is 2.32 bits per heavy atom. The second-order valence-corrected chi connectivity index (χ2v) is 5.12. The van der Waals surface area contributed by atoms with Gasteiger partial charge in [-0.3, -0.25) is 9.59 Å². The molecule has 0 heterocycles. The zero-order valence-corrected chi connectivity index (χ0v) is 13.7. The minimum absolute atomic E-state index is 0.00272. The normalized spacial score (nSPS) is 10.5. The number of amides is 2. The van der Waals surface area contributed by atoms with Crippen LogP contribution in [0.5, 0.6) is 5.75 Å². The highest BCUT2D eigenvalue weighted by atomic mass is 19.1. The van der Waals surface area contributed by atoms with Crippen molar-refractivity contribution in [2.45, 2.75) is 12.8 Å². The molecule has 0 unspecified atom stereocenters. The Hall–Kier alpha value is -3.22. The van der Waals surface area contributed by atoms with Crippen LogP contribution in [0.1, 0.15) is 18.4 Å². The maximum absolute atomic E-state index is 12.7. The number of hydrogen-bond donors (Lipinski definition) is 2. The Morgan fingerprint density at radius 2 is 1.68 bits per heavy atom. The Bertz CT molecular complexity index is 743. The van der Waals surface area contributed by atoms with Crippen LogP contribution >= 0.6 is 0 Å². The van der Waals surface area contributed by atoms with E-state index in [2.05, 4.69) is 15.8 Å². The highest BCUT2D eigenvalue weighted by molar-refractivity contribution is 5.93. The Labute approximate surface area is 144 Å². The molecule has 0 saturated heterocycles. The van der Waals surface area contributed by atoms with Crippen LogP contribution in [0.4, 0.5) is 10.1 Å². The third kappa shape index (κ3) is 6.42. The second-order valence-electron chi connectivity index (χ2n) is 5.12. The van der Waals surface area contributed by atoms with Crippen LogP contribution in [-0.2, 0) is 9.59 Å². The average molecular weight is 343 g/mol. The number of halogens is 1. The van der Waals surface area contributed by atoms with Crippen molar-refractivity contribution < 1.29 is 18.7 Å². The Kier molecular flexibility index (Phi) is 6.65. The molecule has 0 spiro atoms. The molecule has 2 amide bonds. The number of ether oxygens (including phenoxy) is 1. The van der Waals surface area contributed by atoms with Crippen molar-refractivity contribution in [3.63, 3.8) is 0 Å². The second kappa shape index (κ2) is 9.17. The summed E-state index contributed by atoms with van der Waals surface area (Å²) in [6.07, 6.45) is 1.43. The number of benzene rings is 2. The number of nitrogens with one attached hydrogen (secondary N) is 2. The quantitative estimate of drug-likeness (QED) is 0.599. The van der Waals surface area contributed by atoms with Crippen LogP contribution in [0.15, 0.2) is 53.6 Å². The zero-order chi connectivity index (χ0) is 18.1. The molecule has 25 heavy (non-hydrogen) atoms. The highest BCUT2D eigenvalue weighted by Gasteiger charge is 2.06. The van der Waals surface area contributed by atoms with Crippen molar-refractivity contribution in [3.8, 4) is 5.75 Å². The van der Waals surface area contributed by atoms with Gasteiger partial charge in [-0.15, -0.1) is 0 Å². The molecule has 6 nitrogen and oxygen atoms in total. The van der Waals surface area contributed by atoms with Crippen molar-refractivity contribution in [2.24, 2.45) is 5.10 Å². The van der Waals surface area contributed by atoms with Gasteiger partial charge in [0, 0.05) is 18.5 Å². The first kappa shape index (κ1) is 18.1. The topological polar surface area (TPSA) is 79.8 Å². The van der Waals surface area contributed by atoms with Crippen LogP contribution in [0.3, 0.4) is 0 Å². The molecule has 0 aliphatic rings. The van der Waals surface area contributed by atoms with E-state index < -0.39 is 0 Å². The number of hydrazone groups is 1. The van der Waals surface area contributed by atoms with E-state index in [-0.39, 0.29) is 30.5 Å². The fourth-order valence-corrected chi connectivity index (χ4v) is 1.91. The number of hydrogen-bond acceptors (Lipinski definition) is 4. The molecule has 2 rings (SSSR count). The standard InChI is InChI=1S/C18H18FN3O3/c1-25-16-8-6-15(7-9-16)21-17(23)10-11-18(24)22-20-12-13-2-4-14(19)5-3-13/h2-9,12H,10-11H2,1H3,(H,21,23)(H,22,24)/b20-12-. The van der Waals surface area contributed by atoms with Crippen molar-refractivity contribution in [3.05, 3.63) is 59.9 Å². The minimum Gasteiger partial charge on any atom is -0.497 e. The molecular formula is C18H18FN3O3. The molecule has 0 aliphatic heterocycles. The molecule has 0 fully saturated rings. The van der Waals surface area contributed by atoms with Crippen LogP contribution in [0.2, 0.25) is 0 Å². The van der Waals surface area contributed by atoms with Gasteiger partial charge in [0.05, 0.1) is 13.3 Å². The summed E-state index contributed by atoms with van der Waals surface area (Å²) in [6.45, 7) is 0. The van der Waals surface area contributed by atoms with Gasteiger partial charge in [-0.1, -0.05) is 12.1 Å². The maximum Gasteiger partial charge on any atom is 0.240 e. The number of carbonyl (C=O) groups excluding carboxylic acids is 2. The third-order valence-electron chi connectivity index (χ3n) is 3.23. The van der Waals surface area contributed by atoms with E-state index in [9.17, 15) is 14.0 Å². The molecule has 2 aromatic rings. The number of rotatable bonds is 7. The monoisotopic (exact) mass is 343 g/mol. The minimum atomic E-state index is -0.386. The fourth-order valence-electron chi connectivity index (χ4n) is 1.91. The summed E-state index contributed by atoms with van der Waals surface area (Å²) in [7, 11) is 1.56. The van der Waals surface area contributed by atoms with Gasteiger partial charge in [0.2, 0.25) is 11.8 Å². The van der Waals surface area contributed by atoms with Crippen LogP contribution in [-0.4, -0.2) is 25.1 Å². The van der Waals surface area contributed by atoms with Gasteiger partial charge in [-0.2, -0.15) is 5.10 Å². The van der Waals surface area contributed by atoms with Gasteiger partial charge < -0.3 is 10.1 Å². The van der Waals surface area contributed by atoms with Crippen LogP contribution in [0.25, 0.3) is 0 Å². The van der Waals surface area contributed by atoms with E-state index in [4.69, 9.17) is 4.74 Å². The largest absolute Gasteiger partial charge is 0.497 e. The van der Waals surface area contributed by atoms with E-state index in [0.717, 1.165) is 0 Å². The van der Waals surface area contributed by atoms with Crippen molar-refractivity contribution in [1.82, 2.24) is 5.43 Å². The first-order valence-corrected chi connectivity index (χ1v) is 7.58. The number of nitrogens with zero attached hydrogens (tertiary/aromatic N) is 1. The van der Waals surface area contributed by atoms with E-state index in [1.807, 2.05) is 0 Å². The predicted molar refractivity (Wildman–Crippen MR) is 93.0 cm³/mol. The van der Waals surface area contributed by atoms with Gasteiger partial charge in [-0.05, 0) is 42.0 Å². The summed E-state index contributed by atoms with van der Waals surface area (Å²) in [5.74, 6) is -0.313. The molecule has 0 saturated carbocycles. The average Bonchev–Trinajstić information content (AvgIpc) is 2.62. The summed E-state index contributed by atoms with van der Waals surface area (Å²) < 4.78 is 17.8. The molecule has 0 aromatic heterocycles. The van der Waals surface area contributed by atoms with E-state index >= 15 is 0 Å². The number of anilines is 1. The van der Waals surface area contributed by atoms with Gasteiger partial charge >= 0.3 is 0 Å². The summed E-state index contributed by atoms with van der Waals surface area (Å²) in [5, 5.41) is 6.45. The molecule has 0 atom stereocenters. The van der Waals surface area contributed by atoms with Gasteiger partial charge in [0.25, 0.3) is 0 Å². The lowest BCUT2D eigenvalue weighted by Gasteiger charge is -2.06. The first-order valence-electron chi connectivity index (χ1n) is 7.58. The lowest BCUT2D eigenvalue weighted by atomic mass is 10.2. The highest BCUT2D eigenvalue weighted by Crippen LogP contribution is 2.15. The van der Waals surface area contributed by atoms with Crippen LogP contribution < -0.4 is 15.5 Å². The van der Waals surface area contributed by atoms with E-state index in [1.165, 1.54) is 30.5 Å². The SMILES string of the molecule is COc1ccc(NC(=O)CCC(=O)N/N=C\c2ccc(F)cc2)cc1.